The van der Waals surface area contributed by atoms with Gasteiger partial charge in [-0.1, -0.05) is 42.5 Å². The number of methoxy groups -OCH3 is 1. The number of para-hydroxylation sites is 2. The summed E-state index contributed by atoms with van der Waals surface area (Å²) in [6.45, 7) is 6.60. The van der Waals surface area contributed by atoms with Crippen LogP contribution in [0.15, 0.2) is 66.7 Å². The lowest BCUT2D eigenvalue weighted by Crippen LogP contribution is -2.49. The first-order chi connectivity index (χ1) is 15.5. The number of ketones is 1. The van der Waals surface area contributed by atoms with Gasteiger partial charge in [-0.05, 0) is 49.2 Å². The average molecular weight is 429 g/mol. The van der Waals surface area contributed by atoms with Gasteiger partial charge in [-0.15, -0.1) is 0 Å². The summed E-state index contributed by atoms with van der Waals surface area (Å²) in [5.74, 6) is 0.610. The number of benzene rings is 3. The van der Waals surface area contributed by atoms with Gasteiger partial charge in [-0.2, -0.15) is 0 Å². The lowest BCUT2D eigenvalue weighted by atomic mass is 9.95. The number of aryl methyl sites for hydroxylation is 2. The highest BCUT2D eigenvalue weighted by atomic mass is 16.5. The number of carbonyl (C=O) groups is 2. The SMILES string of the molecule is COc1ccccc1N1CCN(C(=O)c2ccccc2C(=O)c2ccc(C)c(C)c2)CC1. The highest BCUT2D eigenvalue weighted by Gasteiger charge is 2.26. The van der Waals surface area contributed by atoms with Crippen molar-refractivity contribution in [1.29, 1.82) is 0 Å². The van der Waals surface area contributed by atoms with Crippen molar-refractivity contribution < 1.29 is 14.3 Å². The van der Waals surface area contributed by atoms with E-state index in [4.69, 9.17) is 4.74 Å². The van der Waals surface area contributed by atoms with Crippen molar-refractivity contribution in [3.05, 3.63) is 94.5 Å². The molecule has 3 aromatic carbocycles. The molecule has 1 aliphatic rings. The zero-order valence-corrected chi connectivity index (χ0v) is 18.8. The van der Waals surface area contributed by atoms with Crippen LogP contribution >= 0.6 is 0 Å². The van der Waals surface area contributed by atoms with Crippen molar-refractivity contribution in [1.82, 2.24) is 4.90 Å². The van der Waals surface area contributed by atoms with E-state index in [-0.39, 0.29) is 11.7 Å². The minimum Gasteiger partial charge on any atom is -0.495 e. The molecule has 0 N–H and O–H groups in total. The molecule has 0 spiro atoms. The summed E-state index contributed by atoms with van der Waals surface area (Å²) in [4.78, 5) is 30.7. The molecule has 5 nitrogen and oxygen atoms in total. The molecule has 3 aromatic rings. The number of carbonyl (C=O) groups excluding carboxylic acids is 2. The molecule has 1 aliphatic heterocycles. The molecule has 32 heavy (non-hydrogen) atoms. The Morgan fingerprint density at radius 2 is 1.44 bits per heavy atom. The smallest absolute Gasteiger partial charge is 0.254 e. The van der Waals surface area contributed by atoms with Crippen molar-refractivity contribution >= 4 is 17.4 Å². The number of rotatable bonds is 5. The Hall–Kier alpha value is -3.60. The number of amides is 1. The maximum absolute atomic E-state index is 13.4. The van der Waals surface area contributed by atoms with Crippen LogP contribution in [0.2, 0.25) is 0 Å². The van der Waals surface area contributed by atoms with Gasteiger partial charge in [-0.25, -0.2) is 0 Å². The molecule has 0 radical (unpaired) electrons. The number of hydrogen-bond donors (Lipinski definition) is 0. The zero-order valence-electron chi connectivity index (χ0n) is 18.8. The van der Waals surface area contributed by atoms with E-state index in [0.29, 0.717) is 42.9 Å². The van der Waals surface area contributed by atoms with Gasteiger partial charge in [0.1, 0.15) is 5.75 Å². The van der Waals surface area contributed by atoms with Crippen LogP contribution in [-0.2, 0) is 0 Å². The molecule has 5 heteroatoms. The Bertz CT molecular complexity index is 1150. The predicted octanol–water partition coefficient (Wildman–Crippen LogP) is 4.51. The van der Waals surface area contributed by atoms with Crippen molar-refractivity contribution in [2.45, 2.75) is 13.8 Å². The maximum Gasteiger partial charge on any atom is 0.254 e. The highest BCUT2D eigenvalue weighted by molar-refractivity contribution is 6.15. The second kappa shape index (κ2) is 9.27. The fourth-order valence-corrected chi connectivity index (χ4v) is 4.12. The molecule has 1 amide bonds. The normalized spacial score (nSPS) is 13.7. The van der Waals surface area contributed by atoms with Gasteiger partial charge >= 0.3 is 0 Å². The molecule has 0 saturated carbocycles. The van der Waals surface area contributed by atoms with Gasteiger partial charge in [0.15, 0.2) is 5.78 Å². The van der Waals surface area contributed by atoms with Crippen LogP contribution in [0.5, 0.6) is 5.75 Å². The molecule has 4 rings (SSSR count). The first-order valence-corrected chi connectivity index (χ1v) is 10.9. The number of piperazine rings is 1. The van der Waals surface area contributed by atoms with Crippen molar-refractivity contribution in [3.63, 3.8) is 0 Å². The Morgan fingerprint density at radius 1 is 0.781 bits per heavy atom. The number of hydrogen-bond acceptors (Lipinski definition) is 4. The highest BCUT2D eigenvalue weighted by Crippen LogP contribution is 2.29. The molecule has 1 heterocycles. The summed E-state index contributed by atoms with van der Waals surface area (Å²) in [6.07, 6.45) is 0. The van der Waals surface area contributed by atoms with E-state index in [1.54, 1.807) is 19.2 Å². The molecule has 0 atom stereocenters. The van der Waals surface area contributed by atoms with Crippen LogP contribution in [-0.4, -0.2) is 49.9 Å². The lowest BCUT2D eigenvalue weighted by molar-refractivity contribution is 0.0742. The van der Waals surface area contributed by atoms with E-state index >= 15 is 0 Å². The van der Waals surface area contributed by atoms with Crippen molar-refractivity contribution in [2.24, 2.45) is 0 Å². The molecule has 0 unspecified atom stereocenters. The van der Waals surface area contributed by atoms with E-state index < -0.39 is 0 Å². The average Bonchev–Trinajstić information content (AvgIpc) is 2.85. The van der Waals surface area contributed by atoms with Gasteiger partial charge in [-0.3, -0.25) is 9.59 Å². The Labute approximate surface area is 189 Å². The Balaban J connectivity index is 1.52. The van der Waals surface area contributed by atoms with Crippen LogP contribution in [0, 0.1) is 13.8 Å². The van der Waals surface area contributed by atoms with Gasteiger partial charge in [0, 0.05) is 37.3 Å². The van der Waals surface area contributed by atoms with Crippen LogP contribution in [0.1, 0.15) is 37.4 Å². The van der Waals surface area contributed by atoms with Crippen LogP contribution in [0.3, 0.4) is 0 Å². The second-order valence-electron chi connectivity index (χ2n) is 8.12. The van der Waals surface area contributed by atoms with E-state index in [9.17, 15) is 9.59 Å². The van der Waals surface area contributed by atoms with Gasteiger partial charge in [0.2, 0.25) is 0 Å². The predicted molar refractivity (Wildman–Crippen MR) is 127 cm³/mol. The van der Waals surface area contributed by atoms with Gasteiger partial charge in [0.05, 0.1) is 18.4 Å². The lowest BCUT2D eigenvalue weighted by Gasteiger charge is -2.36. The Kier molecular flexibility index (Phi) is 6.26. The third kappa shape index (κ3) is 4.24. The summed E-state index contributed by atoms with van der Waals surface area (Å²) in [7, 11) is 1.67. The van der Waals surface area contributed by atoms with Crippen molar-refractivity contribution in [3.8, 4) is 5.75 Å². The van der Waals surface area contributed by atoms with Crippen LogP contribution in [0.4, 0.5) is 5.69 Å². The minimum atomic E-state index is -0.121. The molecule has 1 saturated heterocycles. The van der Waals surface area contributed by atoms with E-state index in [1.165, 1.54) is 0 Å². The quantitative estimate of drug-likeness (QED) is 0.561. The first-order valence-electron chi connectivity index (χ1n) is 10.9. The fraction of sp³-hybridized carbons (Fsp3) is 0.259. The molecule has 0 aromatic heterocycles. The summed E-state index contributed by atoms with van der Waals surface area (Å²) >= 11 is 0. The summed E-state index contributed by atoms with van der Waals surface area (Å²) in [6, 6.07) is 20.7. The van der Waals surface area contributed by atoms with Crippen LogP contribution in [0.25, 0.3) is 0 Å². The molecule has 0 aliphatic carbocycles. The third-order valence-corrected chi connectivity index (χ3v) is 6.16. The minimum absolute atomic E-state index is 0.0996. The fourth-order valence-electron chi connectivity index (χ4n) is 4.12. The van der Waals surface area contributed by atoms with E-state index in [2.05, 4.69) is 4.90 Å². The zero-order chi connectivity index (χ0) is 22.7. The number of ether oxygens (including phenoxy) is 1. The van der Waals surface area contributed by atoms with Gasteiger partial charge < -0.3 is 14.5 Å². The number of anilines is 1. The largest absolute Gasteiger partial charge is 0.495 e. The monoisotopic (exact) mass is 428 g/mol. The van der Waals surface area contributed by atoms with Crippen molar-refractivity contribution in [2.75, 3.05) is 38.2 Å². The van der Waals surface area contributed by atoms with Crippen LogP contribution < -0.4 is 9.64 Å². The third-order valence-electron chi connectivity index (χ3n) is 6.16. The first kappa shape index (κ1) is 21.6. The summed E-state index contributed by atoms with van der Waals surface area (Å²) in [5, 5.41) is 0. The standard InChI is InChI=1S/C27H28N2O3/c1-19-12-13-21(18-20(19)2)26(30)22-8-4-5-9-23(22)27(31)29-16-14-28(15-17-29)24-10-6-7-11-25(24)32-3/h4-13,18H,14-17H2,1-3H3. The molecular formula is C27H28N2O3. The summed E-state index contributed by atoms with van der Waals surface area (Å²) in [5.41, 5.74) is 4.75. The molecule has 0 bridgehead atoms. The maximum atomic E-state index is 13.4. The molecular weight excluding hydrogens is 400 g/mol. The molecule has 1 fully saturated rings. The van der Waals surface area contributed by atoms with E-state index in [1.807, 2.05) is 73.3 Å². The van der Waals surface area contributed by atoms with Gasteiger partial charge in [0.25, 0.3) is 5.91 Å². The summed E-state index contributed by atoms with van der Waals surface area (Å²) < 4.78 is 5.48. The number of nitrogens with zero attached hydrogens (tertiary/aromatic N) is 2. The topological polar surface area (TPSA) is 49.9 Å². The Morgan fingerprint density at radius 3 is 2.12 bits per heavy atom. The second-order valence-corrected chi connectivity index (χ2v) is 8.12. The molecule has 164 valence electrons. The van der Waals surface area contributed by atoms with E-state index in [0.717, 1.165) is 22.6 Å².